The molecule has 0 aromatic carbocycles. The van der Waals surface area contributed by atoms with E-state index >= 15 is 0 Å². The predicted octanol–water partition coefficient (Wildman–Crippen LogP) is 0.950. The number of nitrogens with zero attached hydrogens (tertiary/aromatic N) is 1. The van der Waals surface area contributed by atoms with Gasteiger partial charge in [-0.15, -0.1) is 0 Å². The van der Waals surface area contributed by atoms with Gasteiger partial charge >= 0.3 is 0 Å². The maximum Gasteiger partial charge on any atom is 0.239 e. The van der Waals surface area contributed by atoms with Crippen molar-refractivity contribution in [2.24, 2.45) is 0 Å². The number of piperidine rings is 1. The second-order valence-electron chi connectivity index (χ2n) is 3.76. The van der Waals surface area contributed by atoms with E-state index in [1.807, 2.05) is 11.9 Å². The van der Waals surface area contributed by atoms with Gasteiger partial charge in [0.25, 0.3) is 0 Å². The van der Waals surface area contributed by atoms with Gasteiger partial charge in [-0.25, -0.2) is 0 Å². The van der Waals surface area contributed by atoms with Crippen LogP contribution in [0.4, 0.5) is 0 Å². The fraction of sp³-hybridized carbons (Fsp3) is 0.900. The molecule has 4 heteroatoms. The number of nitrogens with one attached hydrogen (secondary N) is 1. The molecule has 1 aliphatic heterocycles. The van der Waals surface area contributed by atoms with E-state index in [0.29, 0.717) is 0 Å². The van der Waals surface area contributed by atoms with Crippen LogP contribution in [-0.2, 0) is 4.79 Å². The lowest BCUT2D eigenvalue weighted by molar-refractivity contribution is -0.132. The van der Waals surface area contributed by atoms with E-state index in [1.165, 1.54) is 12.8 Å². The molecule has 0 aromatic rings. The van der Waals surface area contributed by atoms with Crippen molar-refractivity contribution >= 4 is 17.7 Å². The summed E-state index contributed by atoms with van der Waals surface area (Å²) in [5, 5.41) is 3.28. The molecule has 1 saturated heterocycles. The first-order valence-electron chi connectivity index (χ1n) is 5.23. The Morgan fingerprint density at radius 2 is 2.36 bits per heavy atom. The summed E-state index contributed by atoms with van der Waals surface area (Å²) >= 11 is 1.78. The SMILES string of the molecule is CSCCN(C)C(=O)[C@@H]1CCCCN1. The molecule has 1 aliphatic rings. The van der Waals surface area contributed by atoms with Crippen molar-refractivity contribution in [3.8, 4) is 0 Å². The minimum Gasteiger partial charge on any atom is -0.344 e. The minimum atomic E-state index is 0.0793. The average Bonchev–Trinajstić information content (AvgIpc) is 2.26. The average molecular weight is 216 g/mol. The third kappa shape index (κ3) is 3.50. The molecule has 3 nitrogen and oxygen atoms in total. The Balaban J connectivity index is 2.30. The van der Waals surface area contributed by atoms with Crippen LogP contribution in [-0.4, -0.2) is 49.0 Å². The molecular formula is C10H20N2OS. The lowest BCUT2D eigenvalue weighted by Crippen LogP contribution is -2.47. The molecule has 1 amide bonds. The molecule has 0 aromatic heterocycles. The Bertz CT molecular complexity index is 181. The highest BCUT2D eigenvalue weighted by molar-refractivity contribution is 7.98. The zero-order valence-electron chi connectivity index (χ0n) is 9.08. The summed E-state index contributed by atoms with van der Waals surface area (Å²) < 4.78 is 0. The van der Waals surface area contributed by atoms with E-state index < -0.39 is 0 Å². The van der Waals surface area contributed by atoms with Gasteiger partial charge in [0.2, 0.25) is 5.91 Å². The van der Waals surface area contributed by atoms with Gasteiger partial charge in [0, 0.05) is 19.3 Å². The first kappa shape index (κ1) is 11.9. The van der Waals surface area contributed by atoms with Gasteiger partial charge in [0.05, 0.1) is 6.04 Å². The monoisotopic (exact) mass is 216 g/mol. The number of rotatable bonds is 4. The van der Waals surface area contributed by atoms with Gasteiger partial charge in [-0.2, -0.15) is 11.8 Å². The van der Waals surface area contributed by atoms with E-state index in [2.05, 4.69) is 11.6 Å². The predicted molar refractivity (Wildman–Crippen MR) is 61.7 cm³/mol. The van der Waals surface area contributed by atoms with Crippen molar-refractivity contribution in [3.05, 3.63) is 0 Å². The number of carbonyl (C=O) groups is 1. The second kappa shape index (κ2) is 6.30. The van der Waals surface area contributed by atoms with Crippen LogP contribution in [0.1, 0.15) is 19.3 Å². The Hall–Kier alpha value is -0.220. The molecule has 1 fully saturated rings. The van der Waals surface area contributed by atoms with Crippen LogP contribution in [0.25, 0.3) is 0 Å². The molecule has 0 unspecified atom stereocenters. The fourth-order valence-electron chi connectivity index (χ4n) is 1.67. The fourth-order valence-corrected chi connectivity index (χ4v) is 2.12. The smallest absolute Gasteiger partial charge is 0.239 e. The zero-order chi connectivity index (χ0) is 10.4. The van der Waals surface area contributed by atoms with Crippen LogP contribution in [0, 0.1) is 0 Å². The maximum atomic E-state index is 11.9. The van der Waals surface area contributed by atoms with Crippen LogP contribution in [0.15, 0.2) is 0 Å². The van der Waals surface area contributed by atoms with E-state index in [4.69, 9.17) is 0 Å². The number of likely N-dealkylation sites (N-methyl/N-ethyl adjacent to an activating group) is 1. The largest absolute Gasteiger partial charge is 0.344 e. The third-order valence-electron chi connectivity index (χ3n) is 2.62. The van der Waals surface area contributed by atoms with E-state index in [-0.39, 0.29) is 11.9 Å². The van der Waals surface area contributed by atoms with Crippen molar-refractivity contribution in [1.29, 1.82) is 0 Å². The number of amides is 1. The van der Waals surface area contributed by atoms with Crippen LogP contribution in [0.3, 0.4) is 0 Å². The van der Waals surface area contributed by atoms with Gasteiger partial charge in [0.1, 0.15) is 0 Å². The summed E-state index contributed by atoms with van der Waals surface area (Å²) in [5.74, 6) is 1.29. The van der Waals surface area contributed by atoms with Crippen molar-refractivity contribution in [3.63, 3.8) is 0 Å². The Morgan fingerprint density at radius 1 is 1.57 bits per heavy atom. The van der Waals surface area contributed by atoms with E-state index in [0.717, 1.165) is 25.3 Å². The summed E-state index contributed by atoms with van der Waals surface area (Å²) in [6, 6.07) is 0.0793. The summed E-state index contributed by atoms with van der Waals surface area (Å²) in [4.78, 5) is 13.7. The molecule has 1 atom stereocenters. The second-order valence-corrected chi connectivity index (χ2v) is 4.74. The summed E-state index contributed by atoms with van der Waals surface area (Å²) in [5.41, 5.74) is 0. The lowest BCUT2D eigenvalue weighted by Gasteiger charge is -2.27. The van der Waals surface area contributed by atoms with Crippen molar-refractivity contribution in [2.45, 2.75) is 25.3 Å². The van der Waals surface area contributed by atoms with Gasteiger partial charge in [0.15, 0.2) is 0 Å². The van der Waals surface area contributed by atoms with Gasteiger partial charge in [-0.1, -0.05) is 6.42 Å². The van der Waals surface area contributed by atoms with Crippen molar-refractivity contribution in [2.75, 3.05) is 32.1 Å². The van der Waals surface area contributed by atoms with Gasteiger partial charge in [-0.3, -0.25) is 4.79 Å². The van der Waals surface area contributed by atoms with E-state index in [9.17, 15) is 4.79 Å². The number of thioether (sulfide) groups is 1. The molecule has 1 heterocycles. The van der Waals surface area contributed by atoms with Crippen molar-refractivity contribution < 1.29 is 4.79 Å². The molecule has 0 saturated carbocycles. The number of carbonyl (C=O) groups excluding carboxylic acids is 1. The van der Waals surface area contributed by atoms with E-state index in [1.54, 1.807) is 11.8 Å². The molecule has 14 heavy (non-hydrogen) atoms. The maximum absolute atomic E-state index is 11.9. The quantitative estimate of drug-likeness (QED) is 0.759. The number of hydrogen-bond donors (Lipinski definition) is 1. The first-order chi connectivity index (χ1) is 6.75. The molecule has 0 bridgehead atoms. The standard InChI is InChI=1S/C10H20N2OS/c1-12(7-8-14-2)10(13)9-5-3-4-6-11-9/h9,11H,3-8H2,1-2H3/t9-/m0/s1. The highest BCUT2D eigenvalue weighted by atomic mass is 32.2. The number of hydrogen-bond acceptors (Lipinski definition) is 3. The molecule has 1 N–H and O–H groups in total. The normalized spacial score (nSPS) is 22.0. The lowest BCUT2D eigenvalue weighted by atomic mass is 10.0. The topological polar surface area (TPSA) is 32.3 Å². The summed E-state index contributed by atoms with van der Waals surface area (Å²) in [6.07, 6.45) is 5.46. The molecule has 1 rings (SSSR count). The molecular weight excluding hydrogens is 196 g/mol. The summed E-state index contributed by atoms with van der Waals surface area (Å²) in [7, 11) is 1.90. The van der Waals surface area contributed by atoms with Crippen LogP contribution < -0.4 is 5.32 Å². The highest BCUT2D eigenvalue weighted by Gasteiger charge is 2.22. The minimum absolute atomic E-state index is 0.0793. The van der Waals surface area contributed by atoms with Crippen LogP contribution >= 0.6 is 11.8 Å². The van der Waals surface area contributed by atoms with Gasteiger partial charge < -0.3 is 10.2 Å². The zero-order valence-corrected chi connectivity index (χ0v) is 9.90. The molecule has 0 aliphatic carbocycles. The third-order valence-corrected chi connectivity index (χ3v) is 3.21. The molecule has 0 spiro atoms. The Kier molecular flexibility index (Phi) is 5.33. The molecule has 0 radical (unpaired) electrons. The summed E-state index contributed by atoms with van der Waals surface area (Å²) in [6.45, 7) is 1.85. The van der Waals surface area contributed by atoms with Crippen LogP contribution in [0.5, 0.6) is 0 Å². The highest BCUT2D eigenvalue weighted by Crippen LogP contribution is 2.09. The van der Waals surface area contributed by atoms with Crippen molar-refractivity contribution in [1.82, 2.24) is 10.2 Å². The van der Waals surface area contributed by atoms with Gasteiger partial charge in [-0.05, 0) is 25.6 Å². The first-order valence-corrected chi connectivity index (χ1v) is 6.62. The Morgan fingerprint density at radius 3 is 2.93 bits per heavy atom. The van der Waals surface area contributed by atoms with Crippen LogP contribution in [0.2, 0.25) is 0 Å². The molecule has 82 valence electrons. The Labute approximate surface area is 90.6 Å².